The van der Waals surface area contributed by atoms with Crippen LogP contribution in [-0.4, -0.2) is 11.1 Å². The van der Waals surface area contributed by atoms with Crippen molar-refractivity contribution in [2.24, 2.45) is 5.92 Å². The first-order valence-electron chi connectivity index (χ1n) is 5.12. The number of aromatic nitrogens is 1. The van der Waals surface area contributed by atoms with Crippen molar-refractivity contribution in [1.82, 2.24) is 4.98 Å². The van der Waals surface area contributed by atoms with Gasteiger partial charge in [0, 0.05) is 0 Å². The van der Waals surface area contributed by atoms with Crippen molar-refractivity contribution in [2.45, 2.75) is 38.7 Å². The summed E-state index contributed by atoms with van der Waals surface area (Å²) in [6, 6.07) is 0. The molecule has 2 N–H and O–H groups in total. The van der Waals surface area contributed by atoms with E-state index in [9.17, 15) is 0 Å². The average Bonchev–Trinajstić information content (AvgIpc) is 2.51. The first kappa shape index (κ1) is 9.77. The van der Waals surface area contributed by atoms with Gasteiger partial charge in [-0.15, -0.1) is 0 Å². The minimum Gasteiger partial charge on any atom is -0.467 e. The minimum atomic E-state index is 0.351. The van der Waals surface area contributed by atoms with Gasteiger partial charge in [0.1, 0.15) is 11.1 Å². The maximum Gasteiger partial charge on any atom is 0.275 e. The molecule has 0 saturated heterocycles. The fourth-order valence-corrected chi connectivity index (χ4v) is 2.55. The number of nitrogens with zero attached hydrogens (tertiary/aromatic N) is 1. The van der Waals surface area contributed by atoms with Gasteiger partial charge in [-0.25, -0.2) is 4.98 Å². The third kappa shape index (κ3) is 2.38. The van der Waals surface area contributed by atoms with Crippen LogP contribution < -0.4 is 10.5 Å². The van der Waals surface area contributed by atoms with E-state index in [0.29, 0.717) is 6.10 Å². The molecule has 1 heterocycles. The quantitative estimate of drug-likeness (QED) is 0.820. The minimum absolute atomic E-state index is 0.351. The number of nitrogen functional groups attached to an aromatic ring is 1. The van der Waals surface area contributed by atoms with Crippen LogP contribution in [0.25, 0.3) is 0 Å². The van der Waals surface area contributed by atoms with E-state index in [2.05, 4.69) is 11.9 Å². The summed E-state index contributed by atoms with van der Waals surface area (Å²) in [5.74, 6) is 0.783. The monoisotopic (exact) mass is 212 g/mol. The van der Waals surface area contributed by atoms with Crippen molar-refractivity contribution in [3.8, 4) is 5.19 Å². The van der Waals surface area contributed by atoms with Crippen molar-refractivity contribution in [3.63, 3.8) is 0 Å². The molecular weight excluding hydrogens is 196 g/mol. The number of hydrogen-bond acceptors (Lipinski definition) is 4. The Bertz CT molecular complexity index is 300. The fourth-order valence-electron chi connectivity index (χ4n) is 1.95. The van der Waals surface area contributed by atoms with Gasteiger partial charge in [-0.05, 0) is 25.2 Å². The van der Waals surface area contributed by atoms with E-state index in [4.69, 9.17) is 10.5 Å². The van der Waals surface area contributed by atoms with Gasteiger partial charge in [-0.3, -0.25) is 0 Å². The maximum absolute atomic E-state index is 5.77. The highest BCUT2D eigenvalue weighted by Gasteiger charge is 2.20. The molecule has 78 valence electrons. The summed E-state index contributed by atoms with van der Waals surface area (Å²) >= 11 is 1.43. The van der Waals surface area contributed by atoms with E-state index in [-0.39, 0.29) is 0 Å². The number of rotatable bonds is 2. The molecule has 2 unspecified atom stereocenters. The van der Waals surface area contributed by atoms with E-state index in [1.54, 1.807) is 6.20 Å². The van der Waals surface area contributed by atoms with Gasteiger partial charge in [0.25, 0.3) is 5.19 Å². The summed E-state index contributed by atoms with van der Waals surface area (Å²) in [4.78, 5) is 4.11. The molecule has 0 aliphatic heterocycles. The highest BCUT2D eigenvalue weighted by molar-refractivity contribution is 7.17. The second-order valence-corrected chi connectivity index (χ2v) is 5.06. The van der Waals surface area contributed by atoms with Crippen LogP contribution in [0.5, 0.6) is 5.19 Å². The Balaban J connectivity index is 1.90. The highest BCUT2D eigenvalue weighted by Crippen LogP contribution is 2.29. The highest BCUT2D eigenvalue weighted by atomic mass is 32.1. The fraction of sp³-hybridized carbons (Fsp3) is 0.700. The lowest BCUT2D eigenvalue weighted by atomic mass is 9.89. The summed E-state index contributed by atoms with van der Waals surface area (Å²) < 4.78 is 5.77. The first-order chi connectivity index (χ1) is 6.74. The van der Waals surface area contributed by atoms with Crippen LogP contribution >= 0.6 is 11.3 Å². The van der Waals surface area contributed by atoms with E-state index in [0.717, 1.165) is 29.0 Å². The van der Waals surface area contributed by atoms with Gasteiger partial charge in [0.2, 0.25) is 0 Å². The van der Waals surface area contributed by atoms with Crippen molar-refractivity contribution in [1.29, 1.82) is 0 Å². The molecule has 0 aromatic carbocycles. The number of thiazole rings is 1. The van der Waals surface area contributed by atoms with Crippen LogP contribution in [-0.2, 0) is 0 Å². The Labute approximate surface area is 88.3 Å². The van der Waals surface area contributed by atoms with Crippen LogP contribution in [0.3, 0.4) is 0 Å². The zero-order valence-electron chi connectivity index (χ0n) is 8.40. The van der Waals surface area contributed by atoms with E-state index in [1.165, 1.54) is 24.2 Å². The van der Waals surface area contributed by atoms with Gasteiger partial charge in [-0.1, -0.05) is 24.7 Å². The maximum atomic E-state index is 5.77. The van der Waals surface area contributed by atoms with Crippen LogP contribution in [0.2, 0.25) is 0 Å². The lowest BCUT2D eigenvalue weighted by molar-refractivity contribution is 0.129. The molecule has 0 bridgehead atoms. The topological polar surface area (TPSA) is 48.1 Å². The molecule has 0 spiro atoms. The molecule has 1 aliphatic carbocycles. The second-order valence-electron chi connectivity index (χ2n) is 4.04. The number of ether oxygens (including phenoxy) is 1. The van der Waals surface area contributed by atoms with Crippen molar-refractivity contribution in [2.75, 3.05) is 5.73 Å². The lowest BCUT2D eigenvalue weighted by Crippen LogP contribution is -2.23. The molecule has 1 aliphatic rings. The van der Waals surface area contributed by atoms with Crippen molar-refractivity contribution < 1.29 is 4.74 Å². The molecule has 0 radical (unpaired) electrons. The number of nitrogens with two attached hydrogens (primary N) is 1. The summed E-state index contributed by atoms with van der Waals surface area (Å²) in [6.45, 7) is 2.28. The van der Waals surface area contributed by atoms with Crippen LogP contribution in [0.1, 0.15) is 32.6 Å². The molecule has 1 aromatic heterocycles. The smallest absolute Gasteiger partial charge is 0.275 e. The molecule has 14 heavy (non-hydrogen) atoms. The zero-order chi connectivity index (χ0) is 9.97. The predicted molar refractivity (Wildman–Crippen MR) is 58.6 cm³/mol. The van der Waals surface area contributed by atoms with E-state index >= 15 is 0 Å². The standard InChI is InChI=1S/C10H16N2OS/c1-7-3-2-4-8(5-7)13-10-12-6-9(11)14-10/h6-8H,2-5,11H2,1H3. The number of anilines is 1. The Kier molecular flexibility index (Phi) is 2.91. The molecule has 4 heteroatoms. The largest absolute Gasteiger partial charge is 0.467 e. The van der Waals surface area contributed by atoms with Gasteiger partial charge in [0.05, 0.1) is 6.20 Å². The molecule has 2 rings (SSSR count). The van der Waals surface area contributed by atoms with Crippen molar-refractivity contribution >= 4 is 16.3 Å². The Morgan fingerprint density at radius 1 is 1.57 bits per heavy atom. The molecule has 1 aromatic rings. The molecule has 1 fully saturated rings. The third-order valence-corrected chi connectivity index (χ3v) is 3.38. The average molecular weight is 212 g/mol. The van der Waals surface area contributed by atoms with E-state index < -0.39 is 0 Å². The van der Waals surface area contributed by atoms with Crippen LogP contribution in [0, 0.1) is 5.92 Å². The Morgan fingerprint density at radius 2 is 2.43 bits per heavy atom. The summed E-state index contributed by atoms with van der Waals surface area (Å²) in [5.41, 5.74) is 5.59. The molecule has 2 atom stereocenters. The second kappa shape index (κ2) is 4.17. The first-order valence-corrected chi connectivity index (χ1v) is 5.93. The van der Waals surface area contributed by atoms with Gasteiger partial charge in [0.15, 0.2) is 0 Å². The summed E-state index contributed by atoms with van der Waals surface area (Å²) in [6.07, 6.45) is 6.92. The van der Waals surface area contributed by atoms with Crippen LogP contribution in [0.4, 0.5) is 5.00 Å². The Hall–Kier alpha value is -0.770. The molecule has 3 nitrogen and oxygen atoms in total. The number of hydrogen-bond donors (Lipinski definition) is 1. The van der Waals surface area contributed by atoms with Gasteiger partial charge < -0.3 is 10.5 Å². The third-order valence-electron chi connectivity index (χ3n) is 2.66. The summed E-state index contributed by atoms with van der Waals surface area (Å²) in [7, 11) is 0. The Morgan fingerprint density at radius 3 is 3.07 bits per heavy atom. The molecule has 1 saturated carbocycles. The zero-order valence-corrected chi connectivity index (χ0v) is 9.22. The lowest BCUT2D eigenvalue weighted by Gasteiger charge is -2.26. The molecular formula is C10H16N2OS. The molecule has 0 amide bonds. The van der Waals surface area contributed by atoms with E-state index in [1.807, 2.05) is 0 Å². The SMILES string of the molecule is CC1CCCC(Oc2ncc(N)s2)C1. The van der Waals surface area contributed by atoms with Crippen LogP contribution in [0.15, 0.2) is 6.20 Å². The predicted octanol–water partition coefficient (Wildman–Crippen LogP) is 2.68. The summed E-state index contributed by atoms with van der Waals surface area (Å²) in [5, 5.41) is 1.45. The van der Waals surface area contributed by atoms with Gasteiger partial charge >= 0.3 is 0 Å². The van der Waals surface area contributed by atoms with Gasteiger partial charge in [-0.2, -0.15) is 0 Å². The normalized spacial score (nSPS) is 27.5. The van der Waals surface area contributed by atoms with Crippen molar-refractivity contribution in [3.05, 3.63) is 6.20 Å².